The molecule has 0 radical (unpaired) electrons. The Hall–Kier alpha value is -1.53. The van der Waals surface area contributed by atoms with Gasteiger partial charge in [0.25, 0.3) is 0 Å². The summed E-state index contributed by atoms with van der Waals surface area (Å²) in [6, 6.07) is 19.5. The third-order valence-corrected chi connectivity index (χ3v) is 6.20. The summed E-state index contributed by atoms with van der Waals surface area (Å²) in [7, 11) is -1.25. The van der Waals surface area contributed by atoms with Gasteiger partial charge in [-0.3, -0.25) is 0 Å². The fraction of sp³-hybridized carbons (Fsp3) is 0.478. The molecule has 0 unspecified atom stereocenters. The largest absolute Gasteiger partial charge is 0.313 e. The van der Waals surface area contributed by atoms with Crippen LogP contribution < -0.4 is 4.72 Å². The predicted octanol–water partition coefficient (Wildman–Crippen LogP) is 5.09. The van der Waals surface area contributed by atoms with Gasteiger partial charge in [0.2, 0.25) is 0 Å². The van der Waals surface area contributed by atoms with E-state index in [0.29, 0.717) is 12.5 Å². The van der Waals surface area contributed by atoms with Gasteiger partial charge in [0.15, 0.2) is 0 Å². The molecule has 0 saturated carbocycles. The Labute approximate surface area is 172 Å². The number of nitrogens with one attached hydrogen (secondary N) is 1. The zero-order valence-corrected chi connectivity index (χ0v) is 18.4. The first-order valence-electron chi connectivity index (χ1n) is 9.91. The Morgan fingerprint density at radius 1 is 1.00 bits per heavy atom. The molecular weight excluding hydrogens is 368 g/mol. The van der Waals surface area contributed by atoms with Crippen molar-refractivity contribution in [1.82, 2.24) is 9.79 Å². The molecule has 0 bridgehead atoms. The molecule has 0 aliphatic heterocycles. The van der Waals surface area contributed by atoms with Crippen LogP contribution in [0.1, 0.15) is 58.2 Å². The molecule has 0 spiro atoms. The lowest BCUT2D eigenvalue weighted by atomic mass is 9.92. The zero-order valence-electron chi connectivity index (χ0n) is 17.6. The second-order valence-corrected chi connectivity index (χ2v) is 10.7. The average molecular weight is 403 g/mol. The van der Waals surface area contributed by atoms with Crippen LogP contribution in [0, 0.1) is 5.92 Å². The Morgan fingerprint density at radius 3 is 2.04 bits per heavy atom. The van der Waals surface area contributed by atoms with Gasteiger partial charge in [-0.2, -0.15) is 5.06 Å². The quantitative estimate of drug-likeness (QED) is 0.575. The van der Waals surface area contributed by atoms with E-state index in [4.69, 9.17) is 0 Å². The second-order valence-electron chi connectivity index (χ2n) is 8.67. The number of hydrogen-bond acceptors (Lipinski definition) is 3. The van der Waals surface area contributed by atoms with Crippen LogP contribution in [0.2, 0.25) is 0 Å². The van der Waals surface area contributed by atoms with Crippen molar-refractivity contribution in [3.05, 3.63) is 71.8 Å². The maximum atomic E-state index is 12.9. The molecule has 2 aromatic carbocycles. The fourth-order valence-corrected chi connectivity index (χ4v) is 4.00. The normalized spacial score (nSPS) is 15.6. The molecule has 0 aliphatic carbocycles. The van der Waals surface area contributed by atoms with E-state index in [9.17, 15) is 9.42 Å². The van der Waals surface area contributed by atoms with Gasteiger partial charge in [-0.1, -0.05) is 74.5 Å². The van der Waals surface area contributed by atoms with Gasteiger partial charge >= 0.3 is 0 Å². The molecule has 0 aliphatic rings. The van der Waals surface area contributed by atoms with Crippen molar-refractivity contribution < 1.29 is 9.42 Å². The fourth-order valence-electron chi connectivity index (χ4n) is 3.12. The van der Waals surface area contributed by atoms with E-state index in [1.54, 1.807) is 0 Å². The summed E-state index contributed by atoms with van der Waals surface area (Å²) in [4.78, 5) is 0. The van der Waals surface area contributed by atoms with Gasteiger partial charge in [0.05, 0.1) is 27.8 Å². The predicted molar refractivity (Wildman–Crippen MR) is 117 cm³/mol. The lowest BCUT2D eigenvalue weighted by Crippen LogP contribution is -2.47. The van der Waals surface area contributed by atoms with Gasteiger partial charge < -0.3 is 5.21 Å². The first-order valence-corrected chi connectivity index (χ1v) is 11.1. The summed E-state index contributed by atoms with van der Waals surface area (Å²) in [5.41, 5.74) is 2.07. The van der Waals surface area contributed by atoms with Crippen molar-refractivity contribution in [3.8, 4) is 0 Å². The average Bonchev–Trinajstić information content (AvgIpc) is 2.64. The van der Waals surface area contributed by atoms with Crippen molar-refractivity contribution in [3.63, 3.8) is 0 Å². The molecular formula is C23H34N2O2S. The molecule has 4 nitrogen and oxygen atoms in total. The Bertz CT molecular complexity index is 729. The third kappa shape index (κ3) is 6.82. The zero-order chi connectivity index (χ0) is 20.7. The van der Waals surface area contributed by atoms with Gasteiger partial charge in [-0.05, 0) is 44.2 Å². The third-order valence-electron chi connectivity index (χ3n) is 4.62. The van der Waals surface area contributed by atoms with E-state index >= 15 is 0 Å². The molecule has 0 saturated heterocycles. The van der Waals surface area contributed by atoms with Crippen LogP contribution in [-0.2, 0) is 17.5 Å². The molecule has 2 N–H and O–H groups in total. The molecule has 0 amide bonds. The lowest BCUT2D eigenvalue weighted by molar-refractivity contribution is -0.147. The summed E-state index contributed by atoms with van der Waals surface area (Å²) in [5, 5.41) is 12.5. The van der Waals surface area contributed by atoms with E-state index in [2.05, 4.69) is 18.6 Å². The van der Waals surface area contributed by atoms with Crippen LogP contribution in [-0.4, -0.2) is 25.3 Å². The van der Waals surface area contributed by atoms with E-state index in [-0.39, 0.29) is 12.1 Å². The highest BCUT2D eigenvalue weighted by atomic mass is 32.2. The molecule has 0 aromatic heterocycles. The first kappa shape index (κ1) is 22.8. The standard InChI is InChI=1S/C23H34N2O2S/c1-18(2)16-21(25(26)17-19-12-8-6-9-13-19)22(20-14-10-7-11-15-20)24-28(27)23(3,4)5/h6-15,18,21-22,24,26H,16-17H2,1-5H3/t21-,22-,28-/m1/s1. The molecule has 5 heteroatoms. The van der Waals surface area contributed by atoms with Gasteiger partial charge in [-0.15, -0.1) is 0 Å². The van der Waals surface area contributed by atoms with E-state index < -0.39 is 15.7 Å². The van der Waals surface area contributed by atoms with E-state index in [0.717, 1.165) is 17.5 Å². The second kappa shape index (κ2) is 10.3. The number of rotatable bonds is 9. The van der Waals surface area contributed by atoms with Crippen molar-refractivity contribution >= 4 is 11.0 Å². The number of hydroxylamine groups is 2. The highest BCUT2D eigenvalue weighted by Crippen LogP contribution is 2.28. The molecule has 154 valence electrons. The summed E-state index contributed by atoms with van der Waals surface area (Å²) in [5.74, 6) is 0.381. The van der Waals surface area contributed by atoms with Gasteiger partial charge in [0, 0.05) is 6.54 Å². The Morgan fingerprint density at radius 2 is 1.54 bits per heavy atom. The molecule has 0 heterocycles. The van der Waals surface area contributed by atoms with E-state index in [1.165, 1.54) is 5.06 Å². The minimum absolute atomic E-state index is 0.214. The maximum Gasteiger partial charge on any atom is 0.0976 e. The Balaban J connectivity index is 2.35. The summed E-state index contributed by atoms with van der Waals surface area (Å²) in [6.07, 6.45) is 0.775. The molecule has 2 rings (SSSR count). The monoisotopic (exact) mass is 402 g/mol. The number of hydrogen-bond donors (Lipinski definition) is 2. The summed E-state index contributed by atoms with van der Waals surface area (Å²) in [6.45, 7) is 10.6. The minimum Gasteiger partial charge on any atom is -0.313 e. The van der Waals surface area contributed by atoms with Crippen molar-refractivity contribution in [2.75, 3.05) is 0 Å². The highest BCUT2D eigenvalue weighted by Gasteiger charge is 2.32. The van der Waals surface area contributed by atoms with Crippen molar-refractivity contribution in [2.24, 2.45) is 5.92 Å². The van der Waals surface area contributed by atoms with E-state index in [1.807, 2.05) is 81.4 Å². The summed E-state index contributed by atoms with van der Waals surface area (Å²) < 4.78 is 15.8. The number of benzene rings is 2. The van der Waals surface area contributed by atoms with Crippen LogP contribution in [0.25, 0.3) is 0 Å². The van der Waals surface area contributed by atoms with Crippen LogP contribution >= 0.6 is 0 Å². The van der Waals surface area contributed by atoms with Crippen LogP contribution in [0.3, 0.4) is 0 Å². The number of nitrogens with zero attached hydrogens (tertiary/aromatic N) is 1. The molecule has 28 heavy (non-hydrogen) atoms. The maximum absolute atomic E-state index is 12.9. The van der Waals surface area contributed by atoms with Crippen LogP contribution in [0.15, 0.2) is 60.7 Å². The lowest BCUT2D eigenvalue weighted by Gasteiger charge is -2.36. The molecule has 3 atom stereocenters. The smallest absolute Gasteiger partial charge is 0.0976 e. The van der Waals surface area contributed by atoms with Crippen LogP contribution in [0.4, 0.5) is 0 Å². The molecule has 0 fully saturated rings. The Kier molecular flexibility index (Phi) is 8.38. The van der Waals surface area contributed by atoms with Gasteiger partial charge in [0.1, 0.15) is 0 Å². The van der Waals surface area contributed by atoms with Gasteiger partial charge in [-0.25, -0.2) is 8.93 Å². The van der Waals surface area contributed by atoms with Crippen molar-refractivity contribution in [1.29, 1.82) is 0 Å². The molecule has 2 aromatic rings. The SMILES string of the molecule is CC(C)C[C@H]([C@H](N[S@](=O)C(C)(C)C)c1ccccc1)N(O)Cc1ccccc1. The van der Waals surface area contributed by atoms with Crippen LogP contribution in [0.5, 0.6) is 0 Å². The highest BCUT2D eigenvalue weighted by molar-refractivity contribution is 7.84. The summed E-state index contributed by atoms with van der Waals surface area (Å²) >= 11 is 0. The topological polar surface area (TPSA) is 52.6 Å². The first-order chi connectivity index (χ1) is 13.2. The minimum atomic E-state index is -1.25. The van der Waals surface area contributed by atoms with Crippen molar-refractivity contribution in [2.45, 2.75) is 64.4 Å².